The minimum absolute atomic E-state index is 0.139. The number of thiophene rings is 1. The molecule has 0 aliphatic carbocycles. The molecule has 2 aromatic rings. The van der Waals surface area contributed by atoms with E-state index in [0.717, 1.165) is 49.5 Å². The Labute approximate surface area is 160 Å². The Bertz CT molecular complexity index is 750. The summed E-state index contributed by atoms with van der Waals surface area (Å²) in [5.41, 5.74) is 1.28. The number of carbonyl (C=O) groups excluding carboxylic acids is 1. The van der Waals surface area contributed by atoms with Gasteiger partial charge in [-0.25, -0.2) is 9.97 Å². The molecule has 0 aromatic carbocycles. The van der Waals surface area contributed by atoms with Crippen LogP contribution >= 0.6 is 11.3 Å². The van der Waals surface area contributed by atoms with Crippen molar-refractivity contribution >= 4 is 33.3 Å². The highest BCUT2D eigenvalue weighted by Crippen LogP contribution is 2.35. The van der Waals surface area contributed by atoms with Crippen LogP contribution in [0.5, 0.6) is 0 Å². The van der Waals surface area contributed by atoms with Crippen LogP contribution < -0.4 is 10.2 Å². The summed E-state index contributed by atoms with van der Waals surface area (Å²) in [5.74, 6) is 1.41. The minimum Gasteiger partial charge on any atom is -0.356 e. The summed E-state index contributed by atoms with van der Waals surface area (Å²) in [6, 6.07) is 0. The molecule has 1 N–H and O–H groups in total. The number of aryl methyl sites for hydroxylation is 2. The van der Waals surface area contributed by atoms with Crippen molar-refractivity contribution < 1.29 is 4.79 Å². The van der Waals surface area contributed by atoms with E-state index in [0.29, 0.717) is 0 Å². The molecule has 1 aliphatic heterocycles. The summed E-state index contributed by atoms with van der Waals surface area (Å²) in [5, 5.41) is 4.32. The van der Waals surface area contributed by atoms with Crippen LogP contribution in [0.3, 0.4) is 0 Å². The molecule has 1 saturated heterocycles. The number of fused-ring (bicyclic) bond motifs is 1. The van der Waals surface area contributed by atoms with E-state index in [1.807, 2.05) is 0 Å². The second-order valence-corrected chi connectivity index (χ2v) is 8.48. The molecule has 3 rings (SSSR count). The fourth-order valence-electron chi connectivity index (χ4n) is 3.66. The third-order valence-corrected chi connectivity index (χ3v) is 6.56. The lowest BCUT2D eigenvalue weighted by Gasteiger charge is -2.32. The van der Waals surface area contributed by atoms with Crippen molar-refractivity contribution in [1.82, 2.24) is 15.3 Å². The predicted molar refractivity (Wildman–Crippen MR) is 109 cm³/mol. The third kappa shape index (κ3) is 4.17. The maximum atomic E-state index is 12.4. The number of hydrogen-bond acceptors (Lipinski definition) is 5. The number of anilines is 1. The van der Waals surface area contributed by atoms with Gasteiger partial charge in [0.15, 0.2) is 0 Å². The van der Waals surface area contributed by atoms with E-state index < -0.39 is 0 Å². The smallest absolute Gasteiger partial charge is 0.223 e. The first-order valence-electron chi connectivity index (χ1n) is 9.85. The molecule has 0 radical (unpaired) electrons. The van der Waals surface area contributed by atoms with Crippen molar-refractivity contribution in [3.05, 3.63) is 16.8 Å². The zero-order valence-electron chi connectivity index (χ0n) is 16.2. The van der Waals surface area contributed by atoms with Crippen molar-refractivity contribution in [2.45, 2.75) is 59.3 Å². The zero-order chi connectivity index (χ0) is 18.5. The number of amides is 1. The van der Waals surface area contributed by atoms with E-state index in [2.05, 4.69) is 41.0 Å². The predicted octanol–water partition coefficient (Wildman–Crippen LogP) is 4.22. The van der Waals surface area contributed by atoms with Gasteiger partial charge in [0.05, 0.1) is 5.39 Å². The molecule has 0 bridgehead atoms. The Kier molecular flexibility index (Phi) is 6.46. The summed E-state index contributed by atoms with van der Waals surface area (Å²) in [4.78, 5) is 26.1. The standard InChI is InChI=1S/C20H30N4OS/c1-4-5-6-7-10-21-19(25)16-8-11-24(12-9-16)18-17-14(2)15(3)26-20(17)23-13-22-18/h13,16H,4-12H2,1-3H3,(H,21,25). The summed E-state index contributed by atoms with van der Waals surface area (Å²) in [6.07, 6.45) is 8.24. The van der Waals surface area contributed by atoms with Gasteiger partial charge in [0.25, 0.3) is 0 Å². The second-order valence-electron chi connectivity index (χ2n) is 7.27. The number of nitrogens with zero attached hydrogens (tertiary/aromatic N) is 3. The Morgan fingerprint density at radius 2 is 2.00 bits per heavy atom. The molecule has 142 valence electrons. The molecule has 1 amide bonds. The van der Waals surface area contributed by atoms with Gasteiger partial charge in [-0.05, 0) is 38.7 Å². The SMILES string of the molecule is CCCCCCNC(=O)C1CCN(c2ncnc3sc(C)c(C)c23)CC1. The third-order valence-electron chi connectivity index (χ3n) is 5.44. The topological polar surface area (TPSA) is 58.1 Å². The van der Waals surface area contributed by atoms with Gasteiger partial charge in [0.2, 0.25) is 5.91 Å². The molecule has 1 fully saturated rings. The summed E-state index contributed by atoms with van der Waals surface area (Å²) in [6.45, 7) is 9.08. The van der Waals surface area contributed by atoms with Crippen LogP contribution in [-0.4, -0.2) is 35.5 Å². The number of unbranched alkanes of at least 4 members (excludes halogenated alkanes) is 3. The molecular weight excluding hydrogens is 344 g/mol. The van der Waals surface area contributed by atoms with Crippen LogP contribution in [0.4, 0.5) is 5.82 Å². The quantitative estimate of drug-likeness (QED) is 0.737. The van der Waals surface area contributed by atoms with E-state index in [1.54, 1.807) is 17.7 Å². The number of nitrogens with one attached hydrogen (secondary N) is 1. The zero-order valence-corrected chi connectivity index (χ0v) is 17.0. The van der Waals surface area contributed by atoms with E-state index in [-0.39, 0.29) is 11.8 Å². The van der Waals surface area contributed by atoms with Gasteiger partial charge in [-0.2, -0.15) is 0 Å². The molecule has 0 saturated carbocycles. The second kappa shape index (κ2) is 8.80. The molecule has 0 spiro atoms. The highest BCUT2D eigenvalue weighted by Gasteiger charge is 2.27. The number of aromatic nitrogens is 2. The van der Waals surface area contributed by atoms with Crippen LogP contribution in [0.25, 0.3) is 10.2 Å². The first-order chi connectivity index (χ1) is 12.6. The van der Waals surface area contributed by atoms with Crippen molar-refractivity contribution in [2.75, 3.05) is 24.5 Å². The van der Waals surface area contributed by atoms with Crippen molar-refractivity contribution in [3.63, 3.8) is 0 Å². The number of rotatable bonds is 7. The van der Waals surface area contributed by atoms with E-state index in [9.17, 15) is 4.79 Å². The largest absolute Gasteiger partial charge is 0.356 e. The van der Waals surface area contributed by atoms with Crippen molar-refractivity contribution in [1.29, 1.82) is 0 Å². The van der Waals surface area contributed by atoms with Gasteiger partial charge < -0.3 is 10.2 Å². The van der Waals surface area contributed by atoms with Crippen LogP contribution in [0.15, 0.2) is 6.33 Å². The summed E-state index contributed by atoms with van der Waals surface area (Å²) in [7, 11) is 0. The normalized spacial score (nSPS) is 15.6. The Balaban J connectivity index is 1.57. The molecule has 3 heterocycles. The number of hydrogen-bond donors (Lipinski definition) is 1. The maximum Gasteiger partial charge on any atom is 0.223 e. The molecule has 2 aromatic heterocycles. The molecule has 0 unspecified atom stereocenters. The van der Waals surface area contributed by atoms with E-state index in [4.69, 9.17) is 0 Å². The molecule has 5 nitrogen and oxygen atoms in total. The first kappa shape index (κ1) is 19.1. The van der Waals surface area contributed by atoms with Crippen molar-refractivity contribution in [2.24, 2.45) is 5.92 Å². The number of carbonyl (C=O) groups is 1. The lowest BCUT2D eigenvalue weighted by molar-refractivity contribution is -0.125. The fraction of sp³-hybridized carbons (Fsp3) is 0.650. The van der Waals surface area contributed by atoms with Crippen LogP contribution in [0.2, 0.25) is 0 Å². The molecule has 26 heavy (non-hydrogen) atoms. The summed E-state index contributed by atoms with van der Waals surface area (Å²) < 4.78 is 0. The van der Waals surface area contributed by atoms with Gasteiger partial charge in [-0.3, -0.25) is 4.79 Å². The van der Waals surface area contributed by atoms with Gasteiger partial charge >= 0.3 is 0 Å². The average Bonchev–Trinajstić information content (AvgIpc) is 2.96. The van der Waals surface area contributed by atoms with E-state index >= 15 is 0 Å². The molecule has 6 heteroatoms. The number of piperidine rings is 1. The molecule has 1 aliphatic rings. The Morgan fingerprint density at radius 1 is 1.23 bits per heavy atom. The van der Waals surface area contributed by atoms with Crippen LogP contribution in [0, 0.1) is 19.8 Å². The monoisotopic (exact) mass is 374 g/mol. The van der Waals surface area contributed by atoms with E-state index in [1.165, 1.54) is 35.1 Å². The van der Waals surface area contributed by atoms with Gasteiger partial charge in [0, 0.05) is 30.4 Å². The Morgan fingerprint density at radius 3 is 2.73 bits per heavy atom. The fourth-order valence-corrected chi connectivity index (χ4v) is 4.66. The minimum atomic E-state index is 0.139. The van der Waals surface area contributed by atoms with Crippen molar-refractivity contribution in [3.8, 4) is 0 Å². The Hall–Kier alpha value is -1.69. The van der Waals surface area contributed by atoms with Crippen LogP contribution in [0.1, 0.15) is 55.9 Å². The van der Waals surface area contributed by atoms with Gasteiger partial charge in [0.1, 0.15) is 17.0 Å². The average molecular weight is 375 g/mol. The van der Waals surface area contributed by atoms with Crippen LogP contribution in [-0.2, 0) is 4.79 Å². The summed E-state index contributed by atoms with van der Waals surface area (Å²) >= 11 is 1.74. The first-order valence-corrected chi connectivity index (χ1v) is 10.7. The molecular formula is C20H30N4OS. The lowest BCUT2D eigenvalue weighted by atomic mass is 9.95. The molecule has 0 atom stereocenters. The highest BCUT2D eigenvalue weighted by molar-refractivity contribution is 7.18. The highest BCUT2D eigenvalue weighted by atomic mass is 32.1. The van der Waals surface area contributed by atoms with Gasteiger partial charge in [-0.15, -0.1) is 11.3 Å². The maximum absolute atomic E-state index is 12.4. The van der Waals surface area contributed by atoms with Gasteiger partial charge in [-0.1, -0.05) is 26.2 Å². The lowest BCUT2D eigenvalue weighted by Crippen LogP contribution is -2.41.